The molecule has 0 saturated heterocycles. The fourth-order valence-corrected chi connectivity index (χ4v) is 2.04. The Labute approximate surface area is 139 Å². The summed E-state index contributed by atoms with van der Waals surface area (Å²) in [6.07, 6.45) is 0. The van der Waals surface area contributed by atoms with Gasteiger partial charge in [0.1, 0.15) is 23.7 Å². The molecular formula is C18H18O6. The normalized spacial score (nSPS) is 9.96. The van der Waals surface area contributed by atoms with Crippen LogP contribution in [0.15, 0.2) is 42.5 Å². The lowest BCUT2D eigenvalue weighted by Crippen LogP contribution is -2.06. The Hall–Kier alpha value is -3.02. The molecule has 0 atom stereocenters. The topological polar surface area (TPSA) is 71.1 Å². The number of ether oxygens (including phenoxy) is 4. The Balaban J connectivity index is 2.15. The average molecular weight is 330 g/mol. The summed E-state index contributed by atoms with van der Waals surface area (Å²) >= 11 is 0. The van der Waals surface area contributed by atoms with Crippen LogP contribution in [0, 0.1) is 0 Å². The Morgan fingerprint density at radius 2 is 1.54 bits per heavy atom. The zero-order valence-corrected chi connectivity index (χ0v) is 13.7. The molecule has 2 aromatic carbocycles. The van der Waals surface area contributed by atoms with Gasteiger partial charge in [-0.15, -0.1) is 0 Å². The highest BCUT2D eigenvalue weighted by Crippen LogP contribution is 2.26. The van der Waals surface area contributed by atoms with Gasteiger partial charge in [0.2, 0.25) is 0 Å². The van der Waals surface area contributed by atoms with Gasteiger partial charge >= 0.3 is 11.9 Å². The van der Waals surface area contributed by atoms with Gasteiger partial charge < -0.3 is 18.9 Å². The first kappa shape index (κ1) is 17.3. The van der Waals surface area contributed by atoms with E-state index < -0.39 is 11.9 Å². The minimum atomic E-state index is -0.492. The van der Waals surface area contributed by atoms with Crippen LogP contribution in [0.2, 0.25) is 0 Å². The summed E-state index contributed by atoms with van der Waals surface area (Å²) in [6, 6.07) is 11.7. The van der Waals surface area contributed by atoms with Gasteiger partial charge in [-0.25, -0.2) is 9.59 Å². The first-order chi connectivity index (χ1) is 11.6. The van der Waals surface area contributed by atoms with E-state index in [1.807, 2.05) is 0 Å². The predicted octanol–water partition coefficient (Wildman–Crippen LogP) is 2.85. The third-order valence-corrected chi connectivity index (χ3v) is 3.36. The van der Waals surface area contributed by atoms with Crippen molar-refractivity contribution in [2.24, 2.45) is 0 Å². The molecule has 6 heteroatoms. The van der Waals surface area contributed by atoms with Crippen LogP contribution >= 0.6 is 0 Å². The minimum absolute atomic E-state index is 0.221. The highest BCUT2D eigenvalue weighted by Gasteiger charge is 2.14. The van der Waals surface area contributed by atoms with Crippen LogP contribution in [0.25, 0.3) is 0 Å². The smallest absolute Gasteiger partial charge is 0.341 e. The van der Waals surface area contributed by atoms with Gasteiger partial charge in [-0.2, -0.15) is 0 Å². The molecule has 0 fully saturated rings. The number of hydrogen-bond acceptors (Lipinski definition) is 6. The first-order valence-electron chi connectivity index (χ1n) is 7.15. The number of benzene rings is 2. The van der Waals surface area contributed by atoms with Gasteiger partial charge in [0.15, 0.2) is 0 Å². The number of carbonyl (C=O) groups excluding carboxylic acids is 2. The molecule has 0 radical (unpaired) electrons. The van der Waals surface area contributed by atoms with Gasteiger partial charge in [0.25, 0.3) is 0 Å². The minimum Gasteiger partial charge on any atom is -0.497 e. The Morgan fingerprint density at radius 3 is 2.12 bits per heavy atom. The van der Waals surface area contributed by atoms with Crippen LogP contribution in [-0.4, -0.2) is 33.3 Å². The van der Waals surface area contributed by atoms with E-state index in [1.54, 1.807) is 42.5 Å². The molecule has 0 unspecified atom stereocenters. The fourth-order valence-electron chi connectivity index (χ4n) is 2.04. The first-order valence-corrected chi connectivity index (χ1v) is 7.15. The van der Waals surface area contributed by atoms with E-state index in [0.29, 0.717) is 22.6 Å². The molecule has 0 spiro atoms. The molecule has 0 N–H and O–H groups in total. The number of methoxy groups -OCH3 is 3. The molecule has 126 valence electrons. The molecule has 2 aromatic rings. The van der Waals surface area contributed by atoms with Gasteiger partial charge in [-0.05, 0) is 29.8 Å². The summed E-state index contributed by atoms with van der Waals surface area (Å²) in [5.74, 6) is 0.0360. The maximum absolute atomic E-state index is 11.8. The van der Waals surface area contributed by atoms with E-state index in [4.69, 9.17) is 14.2 Å². The summed E-state index contributed by atoms with van der Waals surface area (Å²) in [5, 5.41) is 0. The average Bonchev–Trinajstić information content (AvgIpc) is 2.65. The second-order valence-electron chi connectivity index (χ2n) is 4.83. The lowest BCUT2D eigenvalue weighted by atomic mass is 10.1. The van der Waals surface area contributed by atoms with Crippen molar-refractivity contribution in [2.45, 2.75) is 6.61 Å². The molecule has 0 amide bonds. The largest absolute Gasteiger partial charge is 0.497 e. The number of hydrogen-bond donors (Lipinski definition) is 0. The Bertz CT molecular complexity index is 721. The van der Waals surface area contributed by atoms with Crippen LogP contribution in [-0.2, 0) is 16.1 Å². The van der Waals surface area contributed by atoms with Crippen molar-refractivity contribution in [3.63, 3.8) is 0 Å². The van der Waals surface area contributed by atoms with Gasteiger partial charge in [-0.3, -0.25) is 0 Å². The maximum Gasteiger partial charge on any atom is 0.341 e. The quantitative estimate of drug-likeness (QED) is 0.759. The molecule has 2 rings (SSSR count). The second-order valence-corrected chi connectivity index (χ2v) is 4.83. The van der Waals surface area contributed by atoms with E-state index >= 15 is 0 Å². The van der Waals surface area contributed by atoms with Crippen LogP contribution in [0.4, 0.5) is 0 Å². The van der Waals surface area contributed by atoms with Crippen LogP contribution in [0.3, 0.4) is 0 Å². The molecule has 0 saturated carbocycles. The second kappa shape index (κ2) is 8.01. The van der Waals surface area contributed by atoms with Crippen molar-refractivity contribution < 1.29 is 28.5 Å². The fraction of sp³-hybridized carbons (Fsp3) is 0.222. The molecule has 0 aliphatic carbocycles. The van der Waals surface area contributed by atoms with Crippen molar-refractivity contribution in [3.8, 4) is 11.5 Å². The van der Waals surface area contributed by atoms with Gasteiger partial charge in [0.05, 0.1) is 26.9 Å². The summed E-state index contributed by atoms with van der Waals surface area (Å²) in [4.78, 5) is 23.2. The third kappa shape index (κ3) is 4.04. The van der Waals surface area contributed by atoms with E-state index in [9.17, 15) is 9.59 Å². The lowest BCUT2D eigenvalue weighted by Gasteiger charge is -2.12. The van der Waals surface area contributed by atoms with Crippen molar-refractivity contribution >= 4 is 11.9 Å². The Morgan fingerprint density at radius 1 is 0.875 bits per heavy atom. The van der Waals surface area contributed by atoms with E-state index in [2.05, 4.69) is 4.74 Å². The van der Waals surface area contributed by atoms with Crippen molar-refractivity contribution in [2.75, 3.05) is 21.3 Å². The Kier molecular flexibility index (Phi) is 5.78. The summed E-state index contributed by atoms with van der Waals surface area (Å²) in [7, 11) is 4.17. The lowest BCUT2D eigenvalue weighted by molar-refractivity contribution is 0.0588. The van der Waals surface area contributed by atoms with Crippen LogP contribution in [0.1, 0.15) is 26.3 Å². The third-order valence-electron chi connectivity index (χ3n) is 3.36. The summed E-state index contributed by atoms with van der Waals surface area (Å²) in [5.41, 5.74) is 1.60. The number of carbonyl (C=O) groups is 2. The van der Waals surface area contributed by atoms with Crippen LogP contribution < -0.4 is 9.47 Å². The highest BCUT2D eigenvalue weighted by molar-refractivity contribution is 5.92. The molecule has 0 aliphatic heterocycles. The molecule has 0 bridgehead atoms. The number of rotatable bonds is 6. The molecule has 0 heterocycles. The van der Waals surface area contributed by atoms with E-state index in [-0.39, 0.29) is 6.61 Å². The zero-order valence-electron chi connectivity index (χ0n) is 13.7. The van der Waals surface area contributed by atoms with Crippen molar-refractivity contribution in [1.82, 2.24) is 0 Å². The number of esters is 2. The highest BCUT2D eigenvalue weighted by atomic mass is 16.5. The predicted molar refractivity (Wildman–Crippen MR) is 86.4 cm³/mol. The van der Waals surface area contributed by atoms with Crippen LogP contribution in [0.5, 0.6) is 11.5 Å². The van der Waals surface area contributed by atoms with E-state index in [1.165, 1.54) is 21.3 Å². The molecular weight excluding hydrogens is 312 g/mol. The van der Waals surface area contributed by atoms with E-state index in [0.717, 1.165) is 5.56 Å². The molecule has 0 aromatic heterocycles. The van der Waals surface area contributed by atoms with Crippen molar-refractivity contribution in [1.29, 1.82) is 0 Å². The molecule has 6 nitrogen and oxygen atoms in total. The SMILES string of the molecule is COC(=O)c1ccc(COc2cc(OC)ccc2C(=O)OC)cc1. The van der Waals surface area contributed by atoms with Gasteiger partial charge in [0, 0.05) is 6.07 Å². The summed E-state index contributed by atoms with van der Waals surface area (Å²) < 4.78 is 20.3. The molecule has 24 heavy (non-hydrogen) atoms. The monoisotopic (exact) mass is 330 g/mol. The molecule has 0 aliphatic rings. The van der Waals surface area contributed by atoms with Gasteiger partial charge in [-0.1, -0.05) is 12.1 Å². The summed E-state index contributed by atoms with van der Waals surface area (Å²) in [6.45, 7) is 0.221. The standard InChI is InChI=1S/C18H18O6/c1-21-14-8-9-15(18(20)23-3)16(10-14)24-11-12-4-6-13(7-5-12)17(19)22-2/h4-10H,11H2,1-3H3. The van der Waals surface area contributed by atoms with Crippen molar-refractivity contribution in [3.05, 3.63) is 59.2 Å². The maximum atomic E-state index is 11.8. The zero-order chi connectivity index (χ0) is 17.5.